The molecule has 0 radical (unpaired) electrons. The molecular formula is C8H12N4O2. The Labute approximate surface area is 81.3 Å². The number of nitrogens with one attached hydrogen (secondary N) is 1. The van der Waals surface area contributed by atoms with Gasteiger partial charge in [0.25, 0.3) is 0 Å². The van der Waals surface area contributed by atoms with Gasteiger partial charge in [0.15, 0.2) is 0 Å². The van der Waals surface area contributed by atoms with Gasteiger partial charge in [-0.15, -0.1) is 10.2 Å². The van der Waals surface area contributed by atoms with E-state index in [1.165, 1.54) is 0 Å². The number of aryl methyl sites for hydroxylation is 1. The van der Waals surface area contributed by atoms with Crippen molar-refractivity contribution in [1.29, 1.82) is 0 Å². The Balaban J connectivity index is 2.32. The van der Waals surface area contributed by atoms with E-state index < -0.39 is 5.97 Å². The fraction of sp³-hybridized carbons (Fsp3) is 0.375. The van der Waals surface area contributed by atoms with Crippen molar-refractivity contribution >= 4 is 5.97 Å². The van der Waals surface area contributed by atoms with Crippen LogP contribution in [0.25, 0.3) is 0 Å². The van der Waals surface area contributed by atoms with Gasteiger partial charge < -0.3 is 15.0 Å². The summed E-state index contributed by atoms with van der Waals surface area (Å²) in [5.41, 5.74) is 0.132. The average molecular weight is 196 g/mol. The average Bonchev–Trinajstić information content (AvgIpc) is 2.51. The lowest BCUT2D eigenvalue weighted by Gasteiger charge is -2.03. The molecule has 0 atom stereocenters. The van der Waals surface area contributed by atoms with Crippen LogP contribution in [0.2, 0.25) is 0 Å². The monoisotopic (exact) mass is 196 g/mol. The maximum Gasteiger partial charge on any atom is 0.332 e. The summed E-state index contributed by atoms with van der Waals surface area (Å²) >= 11 is 0. The molecule has 6 heteroatoms. The Kier molecular flexibility index (Phi) is 3.35. The number of carboxylic acid groups (broad SMARTS) is 1. The number of hydrogen-bond acceptors (Lipinski definition) is 4. The third kappa shape index (κ3) is 2.67. The molecule has 0 unspecified atom stereocenters. The molecule has 0 saturated heterocycles. The molecule has 1 aromatic heterocycles. The highest BCUT2D eigenvalue weighted by molar-refractivity contribution is 5.86. The van der Waals surface area contributed by atoms with Crippen molar-refractivity contribution < 1.29 is 9.90 Å². The molecule has 0 spiro atoms. The number of rotatable bonds is 5. The van der Waals surface area contributed by atoms with Crippen LogP contribution >= 0.6 is 0 Å². The standard InChI is InChI=1S/C8H12N4O2/c1-6(8(13)14)3-9-4-7-11-10-5-12(7)2/h5,9H,1,3-4H2,2H3,(H,13,14). The first-order valence-corrected chi connectivity index (χ1v) is 4.06. The molecule has 76 valence electrons. The van der Waals surface area contributed by atoms with Crippen molar-refractivity contribution in [3.8, 4) is 0 Å². The minimum absolute atomic E-state index is 0.132. The maximum absolute atomic E-state index is 10.4. The van der Waals surface area contributed by atoms with Crippen LogP contribution in [0, 0.1) is 0 Å². The Morgan fingerprint density at radius 2 is 2.50 bits per heavy atom. The second kappa shape index (κ2) is 4.52. The van der Waals surface area contributed by atoms with E-state index in [-0.39, 0.29) is 12.1 Å². The van der Waals surface area contributed by atoms with Crippen LogP contribution in [0.3, 0.4) is 0 Å². The summed E-state index contributed by atoms with van der Waals surface area (Å²) in [5, 5.41) is 18.9. The molecule has 0 aliphatic rings. The van der Waals surface area contributed by atoms with Gasteiger partial charge in [-0.2, -0.15) is 0 Å². The summed E-state index contributed by atoms with van der Waals surface area (Å²) in [5.74, 6) is -0.237. The topological polar surface area (TPSA) is 80.0 Å². The van der Waals surface area contributed by atoms with Gasteiger partial charge in [-0.25, -0.2) is 4.79 Å². The van der Waals surface area contributed by atoms with Crippen LogP contribution in [0.1, 0.15) is 5.82 Å². The van der Waals surface area contributed by atoms with Gasteiger partial charge in [0.1, 0.15) is 12.2 Å². The lowest BCUT2D eigenvalue weighted by atomic mass is 10.3. The van der Waals surface area contributed by atoms with Crippen LogP contribution in [0.4, 0.5) is 0 Å². The highest BCUT2D eigenvalue weighted by Gasteiger charge is 2.04. The van der Waals surface area contributed by atoms with E-state index in [4.69, 9.17) is 5.11 Å². The molecular weight excluding hydrogens is 184 g/mol. The lowest BCUT2D eigenvalue weighted by molar-refractivity contribution is -0.132. The molecule has 2 N–H and O–H groups in total. The third-order valence-corrected chi connectivity index (χ3v) is 1.73. The third-order valence-electron chi connectivity index (χ3n) is 1.73. The van der Waals surface area contributed by atoms with E-state index in [1.807, 2.05) is 7.05 Å². The minimum Gasteiger partial charge on any atom is -0.478 e. The summed E-state index contributed by atoms with van der Waals surface area (Å²) in [6.07, 6.45) is 1.59. The van der Waals surface area contributed by atoms with Crippen LogP contribution in [0.5, 0.6) is 0 Å². The Bertz CT molecular complexity index is 345. The zero-order valence-electron chi connectivity index (χ0n) is 7.90. The summed E-state index contributed by atoms with van der Waals surface area (Å²) in [6, 6.07) is 0. The number of nitrogens with zero attached hydrogens (tertiary/aromatic N) is 3. The van der Waals surface area contributed by atoms with Gasteiger partial charge in [-0.1, -0.05) is 6.58 Å². The number of carboxylic acids is 1. The first-order valence-electron chi connectivity index (χ1n) is 4.06. The largest absolute Gasteiger partial charge is 0.478 e. The Morgan fingerprint density at radius 1 is 1.79 bits per heavy atom. The fourth-order valence-corrected chi connectivity index (χ4v) is 0.868. The van der Waals surface area contributed by atoms with Gasteiger partial charge in [0.05, 0.1) is 6.54 Å². The summed E-state index contributed by atoms with van der Waals surface area (Å²) in [4.78, 5) is 10.4. The van der Waals surface area contributed by atoms with Crippen LogP contribution in [-0.4, -0.2) is 32.4 Å². The van der Waals surface area contributed by atoms with Gasteiger partial charge in [0.2, 0.25) is 0 Å². The maximum atomic E-state index is 10.4. The molecule has 0 saturated carbocycles. The van der Waals surface area contributed by atoms with Crippen LogP contribution in [0.15, 0.2) is 18.5 Å². The zero-order valence-corrected chi connectivity index (χ0v) is 7.90. The van der Waals surface area contributed by atoms with E-state index >= 15 is 0 Å². The number of carbonyl (C=O) groups is 1. The Hall–Kier alpha value is -1.69. The molecule has 6 nitrogen and oxygen atoms in total. The van der Waals surface area contributed by atoms with Crippen molar-refractivity contribution in [2.45, 2.75) is 6.54 Å². The van der Waals surface area contributed by atoms with Crippen LogP contribution < -0.4 is 5.32 Å². The molecule has 1 rings (SSSR count). The second-order valence-electron chi connectivity index (χ2n) is 2.87. The normalized spacial score (nSPS) is 10.1. The smallest absolute Gasteiger partial charge is 0.332 e. The molecule has 0 amide bonds. The van der Waals surface area contributed by atoms with Gasteiger partial charge in [0, 0.05) is 19.2 Å². The summed E-state index contributed by atoms with van der Waals surface area (Å²) in [7, 11) is 1.82. The van der Waals surface area contributed by atoms with E-state index in [2.05, 4.69) is 22.1 Å². The summed E-state index contributed by atoms with van der Waals surface area (Å²) < 4.78 is 1.76. The number of aromatic nitrogens is 3. The minimum atomic E-state index is -0.990. The van der Waals surface area contributed by atoms with E-state index in [1.54, 1.807) is 10.9 Å². The van der Waals surface area contributed by atoms with E-state index in [9.17, 15) is 4.79 Å². The number of hydrogen-bond donors (Lipinski definition) is 2. The molecule has 0 aliphatic heterocycles. The molecule has 0 aliphatic carbocycles. The first kappa shape index (κ1) is 10.4. The summed E-state index contributed by atoms with van der Waals surface area (Å²) in [6.45, 7) is 4.10. The van der Waals surface area contributed by atoms with Crippen molar-refractivity contribution in [3.63, 3.8) is 0 Å². The highest BCUT2D eigenvalue weighted by atomic mass is 16.4. The van der Waals surface area contributed by atoms with Crippen molar-refractivity contribution in [2.75, 3.05) is 6.54 Å². The van der Waals surface area contributed by atoms with Crippen molar-refractivity contribution in [1.82, 2.24) is 20.1 Å². The molecule has 0 aromatic carbocycles. The molecule has 1 aromatic rings. The zero-order chi connectivity index (χ0) is 10.6. The van der Waals surface area contributed by atoms with Gasteiger partial charge in [-0.3, -0.25) is 0 Å². The van der Waals surface area contributed by atoms with E-state index in [0.29, 0.717) is 6.54 Å². The quantitative estimate of drug-likeness (QED) is 0.623. The van der Waals surface area contributed by atoms with Gasteiger partial charge in [-0.05, 0) is 0 Å². The predicted molar refractivity (Wildman–Crippen MR) is 49.5 cm³/mol. The molecule has 14 heavy (non-hydrogen) atoms. The lowest BCUT2D eigenvalue weighted by Crippen LogP contribution is -2.21. The van der Waals surface area contributed by atoms with Crippen molar-refractivity contribution in [2.24, 2.45) is 7.05 Å². The van der Waals surface area contributed by atoms with Crippen LogP contribution in [-0.2, 0) is 18.4 Å². The molecule has 0 fully saturated rings. The molecule has 1 heterocycles. The highest BCUT2D eigenvalue weighted by Crippen LogP contribution is 1.92. The molecule has 0 bridgehead atoms. The van der Waals surface area contributed by atoms with Crippen molar-refractivity contribution in [3.05, 3.63) is 24.3 Å². The fourth-order valence-electron chi connectivity index (χ4n) is 0.868. The second-order valence-corrected chi connectivity index (χ2v) is 2.87. The SMILES string of the molecule is C=C(CNCc1nncn1C)C(=O)O. The van der Waals surface area contributed by atoms with Gasteiger partial charge >= 0.3 is 5.97 Å². The Morgan fingerprint density at radius 3 is 3.00 bits per heavy atom. The predicted octanol–water partition coefficient (Wildman–Crippen LogP) is -0.455. The number of aliphatic carboxylic acids is 1. The van der Waals surface area contributed by atoms with E-state index in [0.717, 1.165) is 5.82 Å². The first-order chi connectivity index (χ1) is 6.61.